The molecule has 0 bridgehead atoms. The normalized spacial score (nSPS) is 11.7. The van der Waals surface area contributed by atoms with Gasteiger partial charge in [-0.05, 0) is 93.3 Å². The van der Waals surface area contributed by atoms with E-state index in [2.05, 4.69) is 205 Å². The lowest BCUT2D eigenvalue weighted by molar-refractivity contribution is 0.669. The van der Waals surface area contributed by atoms with Crippen molar-refractivity contribution in [3.63, 3.8) is 0 Å². The van der Waals surface area contributed by atoms with Gasteiger partial charge in [0.1, 0.15) is 5.58 Å². The molecule has 0 aliphatic rings. The highest BCUT2D eigenvalue weighted by molar-refractivity contribution is 7.26. The van der Waals surface area contributed by atoms with Gasteiger partial charge in [0.25, 0.3) is 0 Å². The molecule has 4 nitrogen and oxygen atoms in total. The second-order valence-corrected chi connectivity index (χ2v) is 16.0. The van der Waals surface area contributed by atoms with Crippen molar-refractivity contribution in [3.05, 3.63) is 200 Å². The maximum atomic E-state index is 7.08. The Hall–Kier alpha value is -7.60. The molecule has 0 aliphatic carbocycles. The van der Waals surface area contributed by atoms with Crippen LogP contribution < -0.4 is 4.90 Å². The van der Waals surface area contributed by atoms with Crippen LogP contribution in [0.4, 0.5) is 17.1 Å². The summed E-state index contributed by atoms with van der Waals surface area (Å²) in [6, 6.07) is 70.7. The second kappa shape index (κ2) is 13.5. The maximum Gasteiger partial charge on any atom is 0.161 e. The number of hydrogen-bond acceptors (Lipinski definition) is 5. The molecule has 0 atom stereocenters. The molecule has 0 saturated carbocycles. The average Bonchev–Trinajstić information content (AvgIpc) is 3.87. The molecule has 0 fully saturated rings. The van der Waals surface area contributed by atoms with Gasteiger partial charge in [-0.25, -0.2) is 9.97 Å². The van der Waals surface area contributed by atoms with Crippen LogP contribution in [0.5, 0.6) is 0 Å². The molecule has 3 heterocycles. The first-order valence-corrected chi connectivity index (χ1v) is 20.6. The summed E-state index contributed by atoms with van der Waals surface area (Å²) in [5.41, 5.74) is 10.8. The van der Waals surface area contributed by atoms with Gasteiger partial charge in [-0.2, -0.15) is 0 Å². The minimum atomic E-state index is 0.662. The summed E-state index contributed by atoms with van der Waals surface area (Å²) in [6.07, 6.45) is 0. The minimum absolute atomic E-state index is 0.662. The van der Waals surface area contributed by atoms with Crippen molar-refractivity contribution in [1.29, 1.82) is 0 Å². The molecule has 5 heteroatoms. The Bertz CT molecular complexity index is 3560. The number of benzene rings is 9. The Kier molecular flexibility index (Phi) is 7.68. The van der Waals surface area contributed by atoms with Gasteiger partial charge in [0.05, 0.1) is 21.6 Å². The zero-order valence-corrected chi connectivity index (χ0v) is 32.5. The van der Waals surface area contributed by atoms with Crippen LogP contribution in [0.15, 0.2) is 205 Å². The monoisotopic (exact) mass is 771 g/mol. The van der Waals surface area contributed by atoms with Crippen molar-refractivity contribution < 1.29 is 4.42 Å². The fourth-order valence-electron chi connectivity index (χ4n) is 8.60. The molecule has 0 saturated heterocycles. The average molecular weight is 772 g/mol. The summed E-state index contributed by atoms with van der Waals surface area (Å²) >= 11 is 1.75. The maximum absolute atomic E-state index is 7.08. The lowest BCUT2D eigenvalue weighted by atomic mass is 10.00. The molecule has 0 aliphatic heterocycles. The Morgan fingerprint density at radius 3 is 1.88 bits per heavy atom. The number of aromatic nitrogens is 2. The zero-order chi connectivity index (χ0) is 38.9. The molecule has 59 heavy (non-hydrogen) atoms. The number of fused-ring (bicyclic) bond motifs is 8. The van der Waals surface area contributed by atoms with Crippen molar-refractivity contribution in [2.75, 3.05) is 4.90 Å². The van der Waals surface area contributed by atoms with Crippen molar-refractivity contribution in [1.82, 2.24) is 9.97 Å². The van der Waals surface area contributed by atoms with Crippen molar-refractivity contribution in [3.8, 4) is 33.8 Å². The molecule has 3 aromatic heterocycles. The molecule has 0 amide bonds. The van der Waals surface area contributed by atoms with Crippen LogP contribution in [0, 0.1) is 0 Å². The summed E-state index contributed by atoms with van der Waals surface area (Å²) in [4.78, 5) is 13.3. The van der Waals surface area contributed by atoms with Gasteiger partial charge in [-0.15, -0.1) is 11.3 Å². The molecule has 0 radical (unpaired) electrons. The molecule has 276 valence electrons. The van der Waals surface area contributed by atoms with Crippen LogP contribution in [0.2, 0.25) is 0 Å². The highest BCUT2D eigenvalue weighted by atomic mass is 32.1. The van der Waals surface area contributed by atoms with Crippen molar-refractivity contribution in [2.45, 2.75) is 0 Å². The molecule has 12 rings (SSSR count). The van der Waals surface area contributed by atoms with Crippen LogP contribution in [0.25, 0.3) is 97.6 Å². The third-order valence-corrected chi connectivity index (χ3v) is 12.6. The first-order valence-electron chi connectivity index (χ1n) is 19.8. The Balaban J connectivity index is 1.14. The fourth-order valence-corrected chi connectivity index (χ4v) is 9.75. The van der Waals surface area contributed by atoms with Crippen LogP contribution in [0.3, 0.4) is 0 Å². The summed E-state index contributed by atoms with van der Waals surface area (Å²) in [5, 5.41) is 7.78. The first kappa shape index (κ1) is 33.5. The van der Waals surface area contributed by atoms with E-state index in [1.165, 1.54) is 21.0 Å². The lowest BCUT2D eigenvalue weighted by Gasteiger charge is -2.26. The van der Waals surface area contributed by atoms with E-state index in [4.69, 9.17) is 14.4 Å². The van der Waals surface area contributed by atoms with Crippen molar-refractivity contribution in [2.24, 2.45) is 0 Å². The van der Waals surface area contributed by atoms with Gasteiger partial charge in [0.15, 0.2) is 11.4 Å². The summed E-state index contributed by atoms with van der Waals surface area (Å²) in [6.45, 7) is 0. The Morgan fingerprint density at radius 2 is 1.08 bits per heavy atom. The van der Waals surface area contributed by atoms with E-state index in [-0.39, 0.29) is 0 Å². The molecular formula is C54H33N3OS. The van der Waals surface area contributed by atoms with Gasteiger partial charge < -0.3 is 9.32 Å². The number of thiophene rings is 1. The van der Waals surface area contributed by atoms with Gasteiger partial charge in [-0.1, -0.05) is 140 Å². The second-order valence-electron chi connectivity index (χ2n) is 15.0. The molecular weight excluding hydrogens is 739 g/mol. The smallest absolute Gasteiger partial charge is 0.161 e. The van der Waals surface area contributed by atoms with Crippen LogP contribution in [-0.4, -0.2) is 9.97 Å². The quantitative estimate of drug-likeness (QED) is 0.169. The standard InChI is InChI=1S/C54H33N3OS/c1-3-13-34(14-4-1)36-25-27-42(28-26-36)57(41-19-5-2-6-20-41)46-30-29-44(49-45-32-38-17-9-10-18-39(38)33-47(45)58-52(46)49)54-55-50(40-24-23-35-15-7-8-16-37(35)31-40)53-51(56-54)43-21-11-12-22-48(43)59-53/h1-33H. The van der Waals surface area contributed by atoms with Gasteiger partial charge >= 0.3 is 0 Å². The van der Waals surface area contributed by atoms with E-state index < -0.39 is 0 Å². The fraction of sp³-hybridized carbons (Fsp3) is 0. The van der Waals surface area contributed by atoms with E-state index in [9.17, 15) is 0 Å². The molecule has 12 aromatic rings. The van der Waals surface area contributed by atoms with E-state index in [0.717, 1.165) is 87.8 Å². The van der Waals surface area contributed by atoms with Crippen LogP contribution in [0.1, 0.15) is 0 Å². The van der Waals surface area contributed by atoms with E-state index >= 15 is 0 Å². The highest BCUT2D eigenvalue weighted by Crippen LogP contribution is 2.47. The minimum Gasteiger partial charge on any atom is -0.454 e. The van der Waals surface area contributed by atoms with E-state index in [1.54, 1.807) is 11.3 Å². The van der Waals surface area contributed by atoms with E-state index in [1.807, 2.05) is 0 Å². The number of rotatable bonds is 6. The third kappa shape index (κ3) is 5.58. The van der Waals surface area contributed by atoms with Crippen molar-refractivity contribution >= 4 is 92.2 Å². The van der Waals surface area contributed by atoms with Crippen LogP contribution in [-0.2, 0) is 0 Å². The largest absolute Gasteiger partial charge is 0.454 e. The molecule has 0 unspecified atom stereocenters. The zero-order valence-electron chi connectivity index (χ0n) is 31.7. The molecule has 9 aromatic carbocycles. The SMILES string of the molecule is c1ccc(-c2ccc(N(c3ccccc3)c3ccc(-c4nc(-c5ccc6ccccc6c5)c5sc6ccccc6c5n4)c4c3oc3cc5ccccc5cc34)cc2)cc1. The summed E-state index contributed by atoms with van der Waals surface area (Å²) in [7, 11) is 0. The number of anilines is 3. The first-order chi connectivity index (χ1) is 29.2. The van der Waals surface area contributed by atoms with Gasteiger partial charge in [-0.3, -0.25) is 0 Å². The van der Waals surface area contributed by atoms with Gasteiger partial charge in [0, 0.05) is 43.4 Å². The molecule has 0 spiro atoms. The predicted molar refractivity (Wildman–Crippen MR) is 248 cm³/mol. The number of para-hydroxylation sites is 1. The number of hydrogen-bond donors (Lipinski definition) is 0. The Labute approximate surface area is 343 Å². The molecule has 0 N–H and O–H groups in total. The number of nitrogens with zero attached hydrogens (tertiary/aromatic N) is 3. The van der Waals surface area contributed by atoms with Crippen LogP contribution >= 0.6 is 11.3 Å². The topological polar surface area (TPSA) is 42.2 Å². The summed E-state index contributed by atoms with van der Waals surface area (Å²) in [5.74, 6) is 0.662. The predicted octanol–water partition coefficient (Wildman–Crippen LogP) is 15.5. The number of furan rings is 1. The lowest BCUT2D eigenvalue weighted by Crippen LogP contribution is -2.10. The third-order valence-electron chi connectivity index (χ3n) is 11.4. The van der Waals surface area contributed by atoms with Gasteiger partial charge in [0.2, 0.25) is 0 Å². The highest BCUT2D eigenvalue weighted by Gasteiger charge is 2.25. The van der Waals surface area contributed by atoms with E-state index in [0.29, 0.717) is 5.82 Å². The summed E-state index contributed by atoms with van der Waals surface area (Å²) < 4.78 is 9.35. The Morgan fingerprint density at radius 1 is 0.458 bits per heavy atom.